The lowest BCUT2D eigenvalue weighted by Gasteiger charge is -2.18. The molecule has 2 nitrogen and oxygen atoms in total. The molecule has 0 atom stereocenters. The first kappa shape index (κ1) is 20.4. The van der Waals surface area contributed by atoms with Gasteiger partial charge in [0.15, 0.2) is 0 Å². The van der Waals surface area contributed by atoms with E-state index in [0.717, 1.165) is 30.8 Å². The molecular formula is C30H28O2. The largest absolute Gasteiger partial charge is 0.497 e. The number of hydrogen-bond donors (Lipinski definition) is 0. The van der Waals surface area contributed by atoms with Gasteiger partial charge in [-0.1, -0.05) is 85.6 Å². The molecule has 5 rings (SSSR count). The summed E-state index contributed by atoms with van der Waals surface area (Å²) in [5.41, 5.74) is 7.81. The monoisotopic (exact) mass is 420 g/mol. The van der Waals surface area contributed by atoms with Crippen molar-refractivity contribution in [3.05, 3.63) is 113 Å². The van der Waals surface area contributed by atoms with E-state index in [0.29, 0.717) is 6.61 Å². The third kappa shape index (κ3) is 3.78. The second kappa shape index (κ2) is 8.92. The summed E-state index contributed by atoms with van der Waals surface area (Å²) < 4.78 is 12.1. The maximum atomic E-state index is 6.48. The summed E-state index contributed by atoms with van der Waals surface area (Å²) in [5, 5.41) is 2.46. The number of allylic oxidation sites excluding steroid dienone is 1. The Morgan fingerprint density at radius 1 is 0.844 bits per heavy atom. The molecule has 0 aliphatic heterocycles. The van der Waals surface area contributed by atoms with Gasteiger partial charge in [-0.25, -0.2) is 0 Å². The van der Waals surface area contributed by atoms with E-state index in [-0.39, 0.29) is 0 Å². The molecule has 0 fully saturated rings. The van der Waals surface area contributed by atoms with Gasteiger partial charge in [0.2, 0.25) is 0 Å². The van der Waals surface area contributed by atoms with Crippen LogP contribution in [-0.2, 0) is 13.0 Å². The highest BCUT2D eigenvalue weighted by Gasteiger charge is 2.26. The third-order valence-electron chi connectivity index (χ3n) is 6.27. The number of ether oxygens (including phenoxy) is 2. The van der Waals surface area contributed by atoms with Gasteiger partial charge in [-0.2, -0.15) is 0 Å². The van der Waals surface area contributed by atoms with Crippen molar-refractivity contribution in [3.8, 4) is 11.5 Å². The Balaban J connectivity index is 1.70. The molecule has 0 saturated heterocycles. The van der Waals surface area contributed by atoms with Crippen LogP contribution in [0.25, 0.3) is 16.3 Å². The lowest BCUT2D eigenvalue weighted by Crippen LogP contribution is -2.01. The molecule has 4 aromatic carbocycles. The second-order valence-corrected chi connectivity index (χ2v) is 8.36. The Morgan fingerprint density at radius 3 is 2.47 bits per heavy atom. The fourth-order valence-electron chi connectivity index (χ4n) is 4.77. The normalized spacial score (nSPS) is 12.8. The summed E-state index contributed by atoms with van der Waals surface area (Å²) in [5.74, 6) is 1.83. The van der Waals surface area contributed by atoms with Crippen LogP contribution in [-0.4, -0.2) is 7.11 Å². The molecule has 0 heterocycles. The van der Waals surface area contributed by atoms with Crippen LogP contribution in [0.3, 0.4) is 0 Å². The van der Waals surface area contributed by atoms with Crippen molar-refractivity contribution < 1.29 is 9.47 Å². The molecule has 1 aliphatic rings. The molecule has 0 amide bonds. The molecule has 2 heteroatoms. The summed E-state index contributed by atoms with van der Waals surface area (Å²) in [4.78, 5) is 0. The summed E-state index contributed by atoms with van der Waals surface area (Å²) in [7, 11) is 1.74. The lowest BCUT2D eigenvalue weighted by molar-refractivity contribution is 0.306. The van der Waals surface area contributed by atoms with Crippen molar-refractivity contribution in [2.24, 2.45) is 0 Å². The van der Waals surface area contributed by atoms with Gasteiger partial charge in [-0.3, -0.25) is 0 Å². The molecule has 0 radical (unpaired) electrons. The molecule has 0 saturated carbocycles. The predicted octanol–water partition coefficient (Wildman–Crippen LogP) is 7.59. The van der Waals surface area contributed by atoms with Gasteiger partial charge < -0.3 is 9.47 Å². The highest BCUT2D eigenvalue weighted by molar-refractivity contribution is 6.03. The van der Waals surface area contributed by atoms with Crippen LogP contribution >= 0.6 is 0 Å². The molecule has 0 bridgehead atoms. The first-order valence-corrected chi connectivity index (χ1v) is 11.4. The van der Waals surface area contributed by atoms with Gasteiger partial charge in [0.1, 0.15) is 18.1 Å². The minimum absolute atomic E-state index is 0.549. The van der Waals surface area contributed by atoms with E-state index in [1.54, 1.807) is 7.11 Å². The standard InChI is InChI=1S/C30H28O2/c1-3-9-24-18-23-14-16-25(31-2)19-27(23)29(24)30-26-13-8-7-12-22(26)15-17-28(30)32-20-21-10-5-4-6-11-21/h4-8,10-17,19H,3,9,18,20H2,1-2H3. The van der Waals surface area contributed by atoms with Crippen molar-refractivity contribution in [1.82, 2.24) is 0 Å². The van der Waals surface area contributed by atoms with Crippen LogP contribution in [0.5, 0.6) is 11.5 Å². The summed E-state index contributed by atoms with van der Waals surface area (Å²) in [6.45, 7) is 2.80. The van der Waals surface area contributed by atoms with Crippen LogP contribution in [0, 0.1) is 0 Å². The zero-order chi connectivity index (χ0) is 21.9. The molecule has 0 unspecified atom stereocenters. The Hall–Kier alpha value is -3.52. The Kier molecular flexibility index (Phi) is 5.68. The highest BCUT2D eigenvalue weighted by Crippen LogP contribution is 2.46. The average molecular weight is 421 g/mol. The van der Waals surface area contributed by atoms with Crippen molar-refractivity contribution >= 4 is 16.3 Å². The smallest absolute Gasteiger partial charge is 0.128 e. The van der Waals surface area contributed by atoms with Crippen molar-refractivity contribution in [2.75, 3.05) is 7.11 Å². The van der Waals surface area contributed by atoms with Gasteiger partial charge in [0, 0.05) is 5.56 Å². The lowest BCUT2D eigenvalue weighted by atomic mass is 9.91. The molecule has 32 heavy (non-hydrogen) atoms. The summed E-state index contributed by atoms with van der Waals surface area (Å²) in [6, 6.07) is 29.8. The minimum Gasteiger partial charge on any atom is -0.497 e. The Bertz CT molecular complexity index is 1280. The van der Waals surface area contributed by atoms with E-state index < -0.39 is 0 Å². The first-order chi connectivity index (χ1) is 15.8. The third-order valence-corrected chi connectivity index (χ3v) is 6.27. The summed E-state index contributed by atoms with van der Waals surface area (Å²) >= 11 is 0. The van der Waals surface area contributed by atoms with E-state index in [1.165, 1.54) is 44.2 Å². The molecule has 0 spiro atoms. The van der Waals surface area contributed by atoms with E-state index >= 15 is 0 Å². The molecule has 4 aromatic rings. The maximum Gasteiger partial charge on any atom is 0.128 e. The molecule has 1 aliphatic carbocycles. The van der Waals surface area contributed by atoms with Crippen LogP contribution in [0.1, 0.15) is 42.0 Å². The fraction of sp³-hybridized carbons (Fsp3) is 0.200. The topological polar surface area (TPSA) is 18.5 Å². The van der Waals surface area contributed by atoms with Crippen molar-refractivity contribution in [2.45, 2.75) is 32.8 Å². The van der Waals surface area contributed by atoms with Crippen molar-refractivity contribution in [3.63, 3.8) is 0 Å². The van der Waals surface area contributed by atoms with Crippen LogP contribution in [0.4, 0.5) is 0 Å². The number of methoxy groups -OCH3 is 1. The van der Waals surface area contributed by atoms with E-state index in [4.69, 9.17) is 9.47 Å². The number of hydrogen-bond acceptors (Lipinski definition) is 2. The minimum atomic E-state index is 0.549. The first-order valence-electron chi connectivity index (χ1n) is 11.4. The Labute approximate surface area is 190 Å². The SMILES string of the molecule is CCCC1=C(c2c(OCc3ccccc3)ccc3ccccc23)c2cc(OC)ccc2C1. The molecule has 160 valence electrons. The van der Waals surface area contributed by atoms with Gasteiger partial charge in [0.25, 0.3) is 0 Å². The second-order valence-electron chi connectivity index (χ2n) is 8.36. The number of benzene rings is 4. The van der Waals surface area contributed by atoms with Gasteiger partial charge in [-0.05, 0) is 64.1 Å². The van der Waals surface area contributed by atoms with Gasteiger partial charge >= 0.3 is 0 Å². The van der Waals surface area contributed by atoms with Gasteiger partial charge in [-0.15, -0.1) is 0 Å². The zero-order valence-electron chi connectivity index (χ0n) is 18.7. The van der Waals surface area contributed by atoms with Crippen LogP contribution in [0.2, 0.25) is 0 Å². The highest BCUT2D eigenvalue weighted by atomic mass is 16.5. The molecule has 0 aromatic heterocycles. The van der Waals surface area contributed by atoms with Crippen molar-refractivity contribution in [1.29, 1.82) is 0 Å². The van der Waals surface area contributed by atoms with E-state index in [2.05, 4.69) is 85.8 Å². The van der Waals surface area contributed by atoms with E-state index in [1.807, 2.05) is 6.07 Å². The quantitative estimate of drug-likeness (QED) is 0.307. The van der Waals surface area contributed by atoms with E-state index in [9.17, 15) is 0 Å². The molecular weight excluding hydrogens is 392 g/mol. The zero-order valence-corrected chi connectivity index (χ0v) is 18.7. The molecule has 0 N–H and O–H groups in total. The van der Waals surface area contributed by atoms with Crippen LogP contribution < -0.4 is 9.47 Å². The average Bonchev–Trinajstić information content (AvgIpc) is 3.20. The summed E-state index contributed by atoms with van der Waals surface area (Å²) in [6.07, 6.45) is 3.19. The number of rotatable bonds is 7. The predicted molar refractivity (Wildman–Crippen MR) is 132 cm³/mol. The van der Waals surface area contributed by atoms with Crippen LogP contribution in [0.15, 0.2) is 90.5 Å². The Morgan fingerprint density at radius 2 is 1.66 bits per heavy atom. The van der Waals surface area contributed by atoms with Gasteiger partial charge in [0.05, 0.1) is 7.11 Å². The maximum absolute atomic E-state index is 6.48. The fourth-order valence-corrected chi connectivity index (χ4v) is 4.77. The number of fused-ring (bicyclic) bond motifs is 2.